The molecule has 7 heteroatoms. The van der Waals surface area contributed by atoms with Crippen LogP contribution in [0.4, 0.5) is 5.69 Å². The van der Waals surface area contributed by atoms with Gasteiger partial charge in [0.25, 0.3) is 0 Å². The number of nitrogens with zero attached hydrogens (tertiary/aromatic N) is 2. The lowest BCUT2D eigenvalue weighted by Gasteiger charge is -2.37. The van der Waals surface area contributed by atoms with Gasteiger partial charge in [-0.05, 0) is 37.3 Å². The molecule has 146 valence electrons. The summed E-state index contributed by atoms with van der Waals surface area (Å²) in [4.78, 5) is 29.2. The second kappa shape index (κ2) is 7.48. The number of nitrogens with one attached hydrogen (secondary N) is 2. The average Bonchev–Trinajstić information content (AvgIpc) is 3.10. The Kier molecular flexibility index (Phi) is 5.06. The zero-order chi connectivity index (χ0) is 19.0. The molecule has 1 saturated carbocycles. The molecule has 0 aromatic heterocycles. The first-order chi connectivity index (χ1) is 13.1. The first-order valence-electron chi connectivity index (χ1n) is 9.81. The van der Waals surface area contributed by atoms with Gasteiger partial charge in [0.1, 0.15) is 18.3 Å². The Morgan fingerprint density at radius 1 is 1.22 bits per heavy atom. The van der Waals surface area contributed by atoms with Gasteiger partial charge in [-0.2, -0.15) is 0 Å². The van der Waals surface area contributed by atoms with Crippen LogP contribution in [0.1, 0.15) is 26.2 Å². The number of fused-ring (bicyclic) bond motifs is 1. The summed E-state index contributed by atoms with van der Waals surface area (Å²) in [6.45, 7) is 3.43. The van der Waals surface area contributed by atoms with E-state index in [1.165, 1.54) is 6.42 Å². The van der Waals surface area contributed by atoms with E-state index in [4.69, 9.17) is 4.74 Å². The molecule has 0 bridgehead atoms. The molecule has 3 aliphatic rings. The Morgan fingerprint density at radius 3 is 2.85 bits per heavy atom. The quantitative estimate of drug-likeness (QED) is 0.833. The lowest BCUT2D eigenvalue weighted by Crippen LogP contribution is -2.57. The van der Waals surface area contributed by atoms with Crippen molar-refractivity contribution < 1.29 is 14.3 Å². The standard InChI is InChI=1S/C20H28N4O3/c1-13-6-7-17-16(10-13)19(22-21-17)20(26)23-8-9-24(18(25)12-23)14-4-3-5-15(11-14)27-2/h3-5,11,13,16-17,19,21-22H,6-10,12H2,1-2H3. The smallest absolute Gasteiger partial charge is 0.246 e. The van der Waals surface area contributed by atoms with Crippen molar-refractivity contribution in [1.29, 1.82) is 0 Å². The zero-order valence-corrected chi connectivity index (χ0v) is 16.0. The number of piperazine rings is 1. The molecule has 2 heterocycles. The first kappa shape index (κ1) is 18.3. The molecule has 2 N–H and O–H groups in total. The number of benzene rings is 1. The fourth-order valence-electron chi connectivity index (χ4n) is 4.63. The van der Waals surface area contributed by atoms with Gasteiger partial charge in [-0.15, -0.1) is 0 Å². The van der Waals surface area contributed by atoms with Gasteiger partial charge >= 0.3 is 0 Å². The van der Waals surface area contributed by atoms with Crippen molar-refractivity contribution in [2.75, 3.05) is 31.6 Å². The molecule has 2 aliphatic heterocycles. The van der Waals surface area contributed by atoms with Crippen molar-refractivity contribution in [2.45, 2.75) is 38.3 Å². The van der Waals surface area contributed by atoms with E-state index in [2.05, 4.69) is 17.8 Å². The minimum atomic E-state index is -0.228. The maximum absolute atomic E-state index is 13.1. The number of carbonyl (C=O) groups excluding carboxylic acids is 2. The van der Waals surface area contributed by atoms with E-state index in [9.17, 15) is 9.59 Å². The van der Waals surface area contributed by atoms with Crippen molar-refractivity contribution in [3.8, 4) is 5.75 Å². The van der Waals surface area contributed by atoms with Gasteiger partial charge < -0.3 is 14.5 Å². The van der Waals surface area contributed by atoms with Gasteiger partial charge in [-0.25, -0.2) is 5.43 Å². The third kappa shape index (κ3) is 3.53. The van der Waals surface area contributed by atoms with Crippen LogP contribution in [0.5, 0.6) is 5.75 Å². The molecule has 2 amide bonds. The molecule has 4 rings (SSSR count). The summed E-state index contributed by atoms with van der Waals surface area (Å²) in [5.41, 5.74) is 7.32. The van der Waals surface area contributed by atoms with Crippen LogP contribution < -0.4 is 20.5 Å². The Hall–Kier alpha value is -2.12. The predicted molar refractivity (Wildman–Crippen MR) is 102 cm³/mol. The number of amides is 2. The van der Waals surface area contributed by atoms with Crippen molar-refractivity contribution in [3.63, 3.8) is 0 Å². The van der Waals surface area contributed by atoms with Crippen molar-refractivity contribution >= 4 is 17.5 Å². The Morgan fingerprint density at radius 2 is 2.07 bits per heavy atom. The minimum absolute atomic E-state index is 0.0442. The van der Waals surface area contributed by atoms with E-state index in [-0.39, 0.29) is 24.4 Å². The van der Waals surface area contributed by atoms with Gasteiger partial charge in [0.15, 0.2) is 0 Å². The molecule has 2 saturated heterocycles. The van der Waals surface area contributed by atoms with E-state index in [1.54, 1.807) is 16.9 Å². The summed E-state index contributed by atoms with van der Waals surface area (Å²) in [6.07, 6.45) is 3.36. The highest BCUT2D eigenvalue weighted by Gasteiger charge is 2.45. The number of rotatable bonds is 3. The summed E-state index contributed by atoms with van der Waals surface area (Å²) >= 11 is 0. The lowest BCUT2D eigenvalue weighted by molar-refractivity contribution is -0.139. The summed E-state index contributed by atoms with van der Waals surface area (Å²) in [6, 6.07) is 7.61. The van der Waals surface area contributed by atoms with Crippen molar-refractivity contribution in [3.05, 3.63) is 24.3 Å². The van der Waals surface area contributed by atoms with Crippen LogP contribution in [0, 0.1) is 11.8 Å². The molecule has 4 unspecified atom stereocenters. The number of hydrogen-bond acceptors (Lipinski definition) is 5. The lowest BCUT2D eigenvalue weighted by atomic mass is 9.76. The molecule has 0 spiro atoms. The topological polar surface area (TPSA) is 73.9 Å². The molecule has 1 aromatic rings. The molecular formula is C20H28N4O3. The molecule has 1 aliphatic carbocycles. The maximum Gasteiger partial charge on any atom is 0.246 e. The van der Waals surface area contributed by atoms with Gasteiger partial charge in [-0.1, -0.05) is 13.0 Å². The third-order valence-corrected chi connectivity index (χ3v) is 6.18. The first-order valence-corrected chi connectivity index (χ1v) is 9.81. The minimum Gasteiger partial charge on any atom is -0.497 e. The van der Waals surface area contributed by atoms with Crippen LogP contribution in [0.25, 0.3) is 0 Å². The highest BCUT2D eigenvalue weighted by Crippen LogP contribution is 2.34. The molecule has 3 fully saturated rings. The fraction of sp³-hybridized carbons (Fsp3) is 0.600. The highest BCUT2D eigenvalue weighted by molar-refractivity contribution is 5.98. The van der Waals surface area contributed by atoms with Crippen molar-refractivity contribution in [2.24, 2.45) is 11.8 Å². The van der Waals surface area contributed by atoms with Gasteiger partial charge in [0.2, 0.25) is 11.8 Å². The van der Waals surface area contributed by atoms with Gasteiger partial charge in [0.05, 0.1) is 7.11 Å². The Balaban J connectivity index is 1.42. The molecule has 27 heavy (non-hydrogen) atoms. The van der Waals surface area contributed by atoms with Crippen LogP contribution in [-0.2, 0) is 9.59 Å². The van der Waals surface area contributed by atoms with Crippen LogP contribution in [0.2, 0.25) is 0 Å². The SMILES string of the molecule is COc1cccc(N2CCN(C(=O)C3NNC4CCC(C)CC43)CC2=O)c1. The van der Waals surface area contributed by atoms with Crippen LogP contribution in [-0.4, -0.2) is 55.5 Å². The molecule has 1 aromatic carbocycles. The summed E-state index contributed by atoms with van der Waals surface area (Å²) in [5.74, 6) is 1.67. The number of methoxy groups -OCH3 is 1. The van der Waals surface area contributed by atoms with Crippen LogP contribution >= 0.6 is 0 Å². The summed E-state index contributed by atoms with van der Waals surface area (Å²) in [7, 11) is 1.61. The van der Waals surface area contributed by atoms with E-state index < -0.39 is 0 Å². The van der Waals surface area contributed by atoms with E-state index >= 15 is 0 Å². The molecule has 0 radical (unpaired) electrons. The monoisotopic (exact) mass is 372 g/mol. The summed E-state index contributed by atoms with van der Waals surface area (Å²) < 4.78 is 5.25. The fourth-order valence-corrected chi connectivity index (χ4v) is 4.63. The second-order valence-electron chi connectivity index (χ2n) is 7.96. The van der Waals surface area contributed by atoms with Crippen molar-refractivity contribution in [1.82, 2.24) is 15.8 Å². The molecular weight excluding hydrogens is 344 g/mol. The number of hydrazine groups is 1. The zero-order valence-electron chi connectivity index (χ0n) is 16.0. The van der Waals surface area contributed by atoms with Crippen LogP contribution in [0.3, 0.4) is 0 Å². The molecule has 7 nitrogen and oxygen atoms in total. The number of ether oxygens (including phenoxy) is 1. The Labute approximate surface area is 160 Å². The van der Waals surface area contributed by atoms with E-state index in [0.29, 0.717) is 31.0 Å². The van der Waals surface area contributed by atoms with Gasteiger partial charge in [0, 0.05) is 36.8 Å². The largest absolute Gasteiger partial charge is 0.497 e. The highest BCUT2D eigenvalue weighted by atomic mass is 16.5. The third-order valence-electron chi connectivity index (χ3n) is 6.18. The second-order valence-corrected chi connectivity index (χ2v) is 7.96. The van der Waals surface area contributed by atoms with Crippen LogP contribution in [0.15, 0.2) is 24.3 Å². The normalized spacial score (nSPS) is 31.0. The van der Waals surface area contributed by atoms with E-state index in [0.717, 1.165) is 24.3 Å². The van der Waals surface area contributed by atoms with Gasteiger partial charge in [-0.3, -0.25) is 15.0 Å². The number of carbonyl (C=O) groups is 2. The predicted octanol–water partition coefficient (Wildman–Crippen LogP) is 1.15. The number of hydrogen-bond donors (Lipinski definition) is 2. The average molecular weight is 372 g/mol. The maximum atomic E-state index is 13.1. The molecule has 4 atom stereocenters. The number of anilines is 1. The Bertz CT molecular complexity index is 725. The summed E-state index contributed by atoms with van der Waals surface area (Å²) in [5, 5.41) is 0. The van der Waals surface area contributed by atoms with E-state index in [1.807, 2.05) is 24.3 Å².